The van der Waals surface area contributed by atoms with Crippen LogP contribution in [-0.2, 0) is 23.1 Å². The molecule has 1 aliphatic heterocycles. The van der Waals surface area contributed by atoms with Gasteiger partial charge < -0.3 is 15.4 Å². The van der Waals surface area contributed by atoms with Crippen LogP contribution in [0, 0.1) is 0 Å². The van der Waals surface area contributed by atoms with Crippen LogP contribution in [0.2, 0.25) is 0 Å². The van der Waals surface area contributed by atoms with Gasteiger partial charge in [0.1, 0.15) is 5.75 Å². The average Bonchev–Trinajstić information content (AvgIpc) is 2.80. The number of para-hydroxylation sites is 1. The molecule has 0 amide bonds. The third-order valence-corrected chi connectivity index (χ3v) is 7.07. The molecule has 1 saturated heterocycles. The maximum atomic E-state index is 12.9. The number of aliphatic imine (C=N–C) groups is 1. The maximum absolute atomic E-state index is 12.9. The number of sulfonamides is 1. The van der Waals surface area contributed by atoms with Gasteiger partial charge in [-0.25, -0.2) is 8.42 Å². The Hall–Kier alpha value is -1.85. The summed E-state index contributed by atoms with van der Waals surface area (Å²) in [5.41, 5.74) is 1.91. The first-order valence-corrected chi connectivity index (χ1v) is 11.6. The van der Waals surface area contributed by atoms with Crippen molar-refractivity contribution >= 4 is 40.0 Å². The minimum absolute atomic E-state index is 0. The van der Waals surface area contributed by atoms with Gasteiger partial charge in [-0.2, -0.15) is 4.31 Å². The minimum Gasteiger partial charge on any atom is -0.496 e. The van der Waals surface area contributed by atoms with E-state index in [1.54, 1.807) is 36.7 Å². The van der Waals surface area contributed by atoms with Gasteiger partial charge in [-0.15, -0.1) is 24.0 Å². The highest BCUT2D eigenvalue weighted by Gasteiger charge is 2.25. The Bertz CT molecular complexity index is 976. The summed E-state index contributed by atoms with van der Waals surface area (Å²) in [7, 11) is -0.0840. The fourth-order valence-corrected chi connectivity index (χ4v) is 5.09. The number of hydrogen-bond donors (Lipinski definition) is 2. The maximum Gasteiger partial charge on any atom is 0.243 e. The first-order chi connectivity index (χ1) is 14.5. The molecule has 7 nitrogen and oxygen atoms in total. The van der Waals surface area contributed by atoms with Crippen LogP contribution >= 0.6 is 24.0 Å². The zero-order valence-corrected chi connectivity index (χ0v) is 21.2. The summed E-state index contributed by atoms with van der Waals surface area (Å²) in [6.07, 6.45) is 2.94. The van der Waals surface area contributed by atoms with E-state index in [0.29, 0.717) is 37.0 Å². The average molecular weight is 558 g/mol. The molecule has 0 aromatic heterocycles. The number of guanidine groups is 1. The Morgan fingerprint density at radius 3 is 2.45 bits per heavy atom. The van der Waals surface area contributed by atoms with Crippen molar-refractivity contribution in [2.45, 2.75) is 37.2 Å². The van der Waals surface area contributed by atoms with E-state index in [1.165, 1.54) is 0 Å². The second-order valence-corrected chi connectivity index (χ2v) is 9.14. The Morgan fingerprint density at radius 2 is 1.74 bits per heavy atom. The van der Waals surface area contributed by atoms with Gasteiger partial charge in [-0.05, 0) is 36.6 Å². The van der Waals surface area contributed by atoms with Crippen LogP contribution in [0.5, 0.6) is 5.75 Å². The number of benzene rings is 2. The molecule has 170 valence electrons. The quantitative estimate of drug-likeness (QED) is 0.310. The summed E-state index contributed by atoms with van der Waals surface area (Å²) in [6, 6.07) is 14.9. The largest absolute Gasteiger partial charge is 0.496 e. The number of ether oxygens (including phenoxy) is 1. The fraction of sp³-hybridized carbons (Fsp3) is 0.409. The fourth-order valence-electron chi connectivity index (χ4n) is 3.50. The highest BCUT2D eigenvalue weighted by Crippen LogP contribution is 2.21. The number of hydrogen-bond acceptors (Lipinski definition) is 4. The molecular weight excluding hydrogens is 527 g/mol. The number of piperidine rings is 1. The molecule has 1 heterocycles. The zero-order valence-electron chi connectivity index (χ0n) is 18.0. The molecular formula is C22H31IN4O3S. The van der Waals surface area contributed by atoms with Crippen molar-refractivity contribution in [3.63, 3.8) is 0 Å². The molecule has 31 heavy (non-hydrogen) atoms. The van der Waals surface area contributed by atoms with Crippen LogP contribution < -0.4 is 15.4 Å². The summed E-state index contributed by atoms with van der Waals surface area (Å²) < 4.78 is 32.8. The van der Waals surface area contributed by atoms with Crippen molar-refractivity contribution in [3.05, 3.63) is 59.7 Å². The van der Waals surface area contributed by atoms with E-state index in [0.717, 1.165) is 36.1 Å². The van der Waals surface area contributed by atoms with E-state index in [4.69, 9.17) is 4.74 Å². The molecule has 2 aromatic carbocycles. The van der Waals surface area contributed by atoms with Crippen molar-refractivity contribution < 1.29 is 13.2 Å². The molecule has 0 atom stereocenters. The second kappa shape index (κ2) is 12.3. The molecule has 0 radical (unpaired) electrons. The molecule has 3 rings (SSSR count). The van der Waals surface area contributed by atoms with Crippen LogP contribution in [0.25, 0.3) is 0 Å². The van der Waals surface area contributed by atoms with Crippen molar-refractivity contribution in [2.24, 2.45) is 4.99 Å². The minimum atomic E-state index is -3.44. The van der Waals surface area contributed by atoms with E-state index in [1.807, 2.05) is 30.3 Å². The number of rotatable bonds is 7. The number of methoxy groups -OCH3 is 1. The lowest BCUT2D eigenvalue weighted by atomic mass is 10.2. The van der Waals surface area contributed by atoms with Gasteiger partial charge in [-0.3, -0.25) is 4.99 Å². The lowest BCUT2D eigenvalue weighted by Crippen LogP contribution is -2.37. The molecule has 1 fully saturated rings. The van der Waals surface area contributed by atoms with Crippen LogP contribution in [0.3, 0.4) is 0 Å². The highest BCUT2D eigenvalue weighted by molar-refractivity contribution is 14.0. The summed E-state index contributed by atoms with van der Waals surface area (Å²) >= 11 is 0. The molecule has 9 heteroatoms. The number of halogens is 1. The Kier molecular flexibility index (Phi) is 10.0. The van der Waals surface area contributed by atoms with Crippen molar-refractivity contribution in [1.82, 2.24) is 14.9 Å². The predicted molar refractivity (Wildman–Crippen MR) is 134 cm³/mol. The highest BCUT2D eigenvalue weighted by atomic mass is 127. The first-order valence-electron chi connectivity index (χ1n) is 10.2. The number of nitrogens with zero attached hydrogens (tertiary/aromatic N) is 2. The van der Waals surface area contributed by atoms with Gasteiger partial charge >= 0.3 is 0 Å². The molecule has 0 saturated carbocycles. The van der Waals surface area contributed by atoms with E-state index >= 15 is 0 Å². The van der Waals surface area contributed by atoms with Crippen molar-refractivity contribution in [1.29, 1.82) is 0 Å². The molecule has 2 N–H and O–H groups in total. The summed E-state index contributed by atoms with van der Waals surface area (Å²) in [5, 5.41) is 6.50. The summed E-state index contributed by atoms with van der Waals surface area (Å²) in [5.74, 6) is 1.45. The normalized spacial score (nSPS) is 15.1. The third-order valence-electron chi connectivity index (χ3n) is 5.17. The Labute approximate surface area is 202 Å². The monoisotopic (exact) mass is 558 g/mol. The molecule has 0 unspecified atom stereocenters. The number of nitrogens with one attached hydrogen (secondary N) is 2. The summed E-state index contributed by atoms with van der Waals surface area (Å²) in [6.45, 7) is 2.23. The van der Waals surface area contributed by atoms with Crippen LogP contribution in [0.4, 0.5) is 0 Å². The lowest BCUT2D eigenvalue weighted by molar-refractivity contribution is 0.346. The predicted octanol–water partition coefficient (Wildman–Crippen LogP) is 3.35. The van der Waals surface area contributed by atoms with Crippen molar-refractivity contribution in [3.8, 4) is 5.75 Å². The Balaban J connectivity index is 0.00000341. The van der Waals surface area contributed by atoms with E-state index in [9.17, 15) is 8.42 Å². The SMILES string of the molecule is CN=C(NCc1cccc(S(=O)(=O)N2CCCCC2)c1)NCc1ccccc1OC.I. The molecule has 0 aliphatic carbocycles. The molecule has 1 aliphatic rings. The van der Waals surface area contributed by atoms with E-state index < -0.39 is 10.0 Å². The van der Waals surface area contributed by atoms with Gasteiger partial charge in [-0.1, -0.05) is 36.8 Å². The smallest absolute Gasteiger partial charge is 0.243 e. The van der Waals surface area contributed by atoms with Crippen LogP contribution in [0.1, 0.15) is 30.4 Å². The third kappa shape index (κ3) is 6.81. The van der Waals surface area contributed by atoms with Gasteiger partial charge in [0.2, 0.25) is 10.0 Å². The lowest BCUT2D eigenvalue weighted by Gasteiger charge is -2.26. The molecule has 2 aromatic rings. The van der Waals surface area contributed by atoms with Gasteiger partial charge in [0, 0.05) is 38.8 Å². The topological polar surface area (TPSA) is 83.0 Å². The van der Waals surface area contributed by atoms with Crippen LogP contribution in [-0.4, -0.2) is 45.9 Å². The first kappa shape index (κ1) is 25.4. The summed E-state index contributed by atoms with van der Waals surface area (Å²) in [4.78, 5) is 4.59. The van der Waals surface area contributed by atoms with Gasteiger partial charge in [0.05, 0.1) is 12.0 Å². The standard InChI is InChI=1S/C22H30N4O3S.HI/c1-23-22(25-17-19-10-4-5-12-21(19)29-2)24-16-18-9-8-11-20(15-18)30(27,28)26-13-6-3-7-14-26;/h4-5,8-12,15H,3,6-7,13-14,16-17H2,1-2H3,(H2,23,24,25);1H. The van der Waals surface area contributed by atoms with Crippen LogP contribution in [0.15, 0.2) is 58.4 Å². The van der Waals surface area contributed by atoms with Crippen molar-refractivity contribution in [2.75, 3.05) is 27.2 Å². The van der Waals surface area contributed by atoms with Gasteiger partial charge in [0.25, 0.3) is 0 Å². The zero-order chi connectivity index (χ0) is 21.4. The van der Waals surface area contributed by atoms with E-state index in [2.05, 4.69) is 15.6 Å². The molecule has 0 spiro atoms. The second-order valence-electron chi connectivity index (χ2n) is 7.20. The van der Waals surface area contributed by atoms with E-state index in [-0.39, 0.29) is 24.0 Å². The Morgan fingerprint density at radius 1 is 1.03 bits per heavy atom. The van der Waals surface area contributed by atoms with Gasteiger partial charge in [0.15, 0.2) is 5.96 Å². The molecule has 0 bridgehead atoms.